The summed E-state index contributed by atoms with van der Waals surface area (Å²) in [4.78, 5) is 24.4. The second-order valence-corrected chi connectivity index (χ2v) is 13.4. The maximum Gasteiger partial charge on any atom is 0.187 e. The van der Waals surface area contributed by atoms with Crippen LogP contribution in [0.1, 0.15) is 82.1 Å². The number of carbonyl (C=O) groups excluding carboxylic acids is 2. The van der Waals surface area contributed by atoms with Crippen LogP contribution in [-0.4, -0.2) is 34.0 Å². The zero-order valence-electron chi connectivity index (χ0n) is 28.4. The maximum absolute atomic E-state index is 12.2. The third-order valence-electron chi connectivity index (χ3n) is 8.31. The summed E-state index contributed by atoms with van der Waals surface area (Å²) in [5.74, 6) is -0.351. The molecule has 44 heavy (non-hydrogen) atoms. The number of hydrogen-bond donors (Lipinski definition) is 2. The molecule has 2 N–H and O–H groups in total. The summed E-state index contributed by atoms with van der Waals surface area (Å²) in [5.41, 5.74) is 7.18. The highest BCUT2D eigenvalue weighted by Crippen LogP contribution is 2.40. The molecule has 2 atom stereocenters. The van der Waals surface area contributed by atoms with Crippen LogP contribution in [0.5, 0.6) is 0 Å². The first-order valence-corrected chi connectivity index (χ1v) is 15.4. The highest BCUT2D eigenvalue weighted by atomic mass is 16.3. The van der Waals surface area contributed by atoms with Gasteiger partial charge in [-0.2, -0.15) is 0 Å². The molecular weight excluding hydrogens is 544 g/mol. The van der Waals surface area contributed by atoms with Crippen molar-refractivity contribution in [2.45, 2.75) is 94.3 Å². The fraction of sp³-hybridized carbons (Fsp3) is 0.400. The van der Waals surface area contributed by atoms with Gasteiger partial charge < -0.3 is 10.2 Å². The predicted molar refractivity (Wildman–Crippen MR) is 185 cm³/mol. The Kier molecular flexibility index (Phi) is 13.2. The number of hydrogen-bond acceptors (Lipinski definition) is 4. The molecule has 2 rings (SSSR count). The lowest BCUT2D eigenvalue weighted by Crippen LogP contribution is -2.35. The Morgan fingerprint density at radius 1 is 0.568 bits per heavy atom. The molecule has 2 aliphatic rings. The van der Waals surface area contributed by atoms with Gasteiger partial charge in [0.1, 0.15) is 12.2 Å². The molecule has 0 saturated carbocycles. The van der Waals surface area contributed by atoms with Crippen molar-refractivity contribution in [1.29, 1.82) is 0 Å². The molecule has 4 nitrogen and oxygen atoms in total. The summed E-state index contributed by atoms with van der Waals surface area (Å²) in [6.45, 7) is 20.0. The van der Waals surface area contributed by atoms with Gasteiger partial charge >= 0.3 is 0 Å². The topological polar surface area (TPSA) is 74.6 Å². The average molecular weight is 597 g/mol. The molecule has 2 unspecified atom stereocenters. The number of Topliss-reactive ketones (excluding diaryl/α,β-unsaturated/α-hetero) is 2. The van der Waals surface area contributed by atoms with Crippen molar-refractivity contribution in [2.75, 3.05) is 0 Å². The minimum absolute atomic E-state index is 0.175. The van der Waals surface area contributed by atoms with Gasteiger partial charge in [-0.05, 0) is 87.5 Å². The smallest absolute Gasteiger partial charge is 0.187 e. The van der Waals surface area contributed by atoms with Crippen LogP contribution in [0, 0.1) is 10.8 Å². The first kappa shape index (κ1) is 36.6. The summed E-state index contributed by atoms with van der Waals surface area (Å²) < 4.78 is 0. The normalized spacial score (nSPS) is 24.5. The van der Waals surface area contributed by atoms with E-state index in [1.807, 2.05) is 74.6 Å². The van der Waals surface area contributed by atoms with Crippen LogP contribution >= 0.6 is 0 Å². The molecule has 0 spiro atoms. The minimum atomic E-state index is -0.907. The Morgan fingerprint density at radius 3 is 1.27 bits per heavy atom. The van der Waals surface area contributed by atoms with Gasteiger partial charge in [0.25, 0.3) is 0 Å². The van der Waals surface area contributed by atoms with Crippen molar-refractivity contribution in [3.05, 3.63) is 130 Å². The molecule has 2 aliphatic carbocycles. The van der Waals surface area contributed by atoms with Crippen LogP contribution in [0.3, 0.4) is 0 Å². The van der Waals surface area contributed by atoms with Crippen LogP contribution < -0.4 is 0 Å². The monoisotopic (exact) mass is 596 g/mol. The third kappa shape index (κ3) is 10.5. The Bertz CT molecular complexity index is 1450. The van der Waals surface area contributed by atoms with Gasteiger partial charge in [0.2, 0.25) is 0 Å². The van der Waals surface area contributed by atoms with Crippen molar-refractivity contribution in [3.8, 4) is 0 Å². The zero-order chi connectivity index (χ0) is 33.2. The summed E-state index contributed by atoms with van der Waals surface area (Å²) >= 11 is 0. The SMILES string of the molecule is CC(C=CC=C(C)C=CC=C(C)C=CC1=C(C)C(=O)C(O)CC1(C)C)=CC=CC(C)=CC=CC1=C(C)C(=O)C(O)CC1(C)C. The molecule has 0 bridgehead atoms. The maximum atomic E-state index is 12.2. The Hall–Kier alpha value is -3.60. The first-order chi connectivity index (χ1) is 20.5. The van der Waals surface area contributed by atoms with Gasteiger partial charge in [-0.15, -0.1) is 0 Å². The molecule has 0 amide bonds. The van der Waals surface area contributed by atoms with Gasteiger partial charge in [-0.3, -0.25) is 9.59 Å². The van der Waals surface area contributed by atoms with Crippen LogP contribution in [0.4, 0.5) is 0 Å². The number of aliphatic hydroxyl groups is 2. The van der Waals surface area contributed by atoms with Crippen molar-refractivity contribution >= 4 is 11.6 Å². The van der Waals surface area contributed by atoms with Crippen LogP contribution in [0.2, 0.25) is 0 Å². The number of carbonyl (C=O) groups is 2. The van der Waals surface area contributed by atoms with Gasteiger partial charge in [-0.25, -0.2) is 0 Å². The largest absolute Gasteiger partial charge is 0.385 e. The summed E-state index contributed by atoms with van der Waals surface area (Å²) in [7, 11) is 0. The third-order valence-corrected chi connectivity index (χ3v) is 8.31. The molecule has 0 aromatic heterocycles. The quantitative estimate of drug-likeness (QED) is 0.247. The lowest BCUT2D eigenvalue weighted by atomic mass is 9.71. The molecule has 0 radical (unpaired) electrons. The van der Waals surface area contributed by atoms with Gasteiger partial charge in [0.15, 0.2) is 11.6 Å². The number of ketones is 2. The summed E-state index contributed by atoms with van der Waals surface area (Å²) in [5, 5.41) is 20.0. The van der Waals surface area contributed by atoms with E-state index in [1.165, 1.54) is 0 Å². The molecule has 0 heterocycles. The van der Waals surface area contributed by atoms with E-state index in [1.54, 1.807) is 13.8 Å². The molecule has 0 fully saturated rings. The van der Waals surface area contributed by atoms with E-state index in [9.17, 15) is 19.8 Å². The van der Waals surface area contributed by atoms with E-state index in [4.69, 9.17) is 0 Å². The fourth-order valence-corrected chi connectivity index (χ4v) is 5.64. The number of rotatable bonds is 10. The van der Waals surface area contributed by atoms with Crippen LogP contribution in [-0.2, 0) is 9.59 Å². The Balaban J connectivity index is 1.95. The van der Waals surface area contributed by atoms with E-state index in [0.29, 0.717) is 24.0 Å². The molecule has 4 heteroatoms. The Morgan fingerprint density at radius 2 is 0.886 bits per heavy atom. The Labute approximate surface area is 265 Å². The standard InChI is InChI=1S/C40H52O4/c1-27(17-12-18-29(3)21-14-22-33-31(5)37(43)35(41)25-39(33,7)8)15-11-16-28(2)19-13-20-30(4)23-24-34-32(6)38(44)36(42)26-40(34,9)10/h11-24,35-36,41-42H,25-26H2,1-10H3. The molecular formula is C40H52O4. The molecule has 0 aliphatic heterocycles. The minimum Gasteiger partial charge on any atom is -0.385 e. The van der Waals surface area contributed by atoms with Gasteiger partial charge in [0.05, 0.1) is 0 Å². The van der Waals surface area contributed by atoms with Gasteiger partial charge in [0, 0.05) is 0 Å². The summed E-state index contributed by atoms with van der Waals surface area (Å²) in [6, 6.07) is 0. The van der Waals surface area contributed by atoms with E-state index in [0.717, 1.165) is 33.4 Å². The predicted octanol–water partition coefficient (Wildman–Crippen LogP) is 8.91. The zero-order valence-corrected chi connectivity index (χ0v) is 28.4. The van der Waals surface area contributed by atoms with E-state index in [2.05, 4.69) is 65.8 Å². The highest BCUT2D eigenvalue weighted by molar-refractivity contribution is 6.01. The van der Waals surface area contributed by atoms with E-state index >= 15 is 0 Å². The second kappa shape index (κ2) is 15.9. The van der Waals surface area contributed by atoms with Crippen LogP contribution in [0.15, 0.2) is 130 Å². The lowest BCUT2D eigenvalue weighted by Gasteiger charge is -2.34. The molecule has 0 aromatic rings. The lowest BCUT2D eigenvalue weighted by molar-refractivity contribution is -0.126. The van der Waals surface area contributed by atoms with Crippen molar-refractivity contribution in [3.63, 3.8) is 0 Å². The number of allylic oxidation sites excluding steroid dienone is 20. The highest BCUT2D eigenvalue weighted by Gasteiger charge is 2.37. The molecule has 0 saturated heterocycles. The van der Waals surface area contributed by atoms with Crippen LogP contribution in [0.25, 0.3) is 0 Å². The molecule has 0 aromatic carbocycles. The van der Waals surface area contributed by atoms with Crippen molar-refractivity contribution in [2.24, 2.45) is 10.8 Å². The van der Waals surface area contributed by atoms with Gasteiger partial charge in [-0.1, -0.05) is 135 Å². The van der Waals surface area contributed by atoms with E-state index < -0.39 is 12.2 Å². The van der Waals surface area contributed by atoms with Crippen molar-refractivity contribution in [1.82, 2.24) is 0 Å². The average Bonchev–Trinajstić information content (AvgIpc) is 2.91. The first-order valence-electron chi connectivity index (χ1n) is 15.4. The second-order valence-electron chi connectivity index (χ2n) is 13.4. The summed E-state index contributed by atoms with van der Waals surface area (Å²) in [6.07, 6.45) is 27.5. The fourth-order valence-electron chi connectivity index (χ4n) is 5.64. The van der Waals surface area contributed by atoms with Crippen molar-refractivity contribution < 1.29 is 19.8 Å². The van der Waals surface area contributed by atoms with E-state index in [-0.39, 0.29) is 22.4 Å². The number of aliphatic hydroxyl groups excluding tert-OH is 2. The molecule has 236 valence electrons.